The second kappa shape index (κ2) is 7.48. The first-order valence-corrected chi connectivity index (χ1v) is 9.40. The van der Waals surface area contributed by atoms with Crippen molar-refractivity contribution in [3.63, 3.8) is 0 Å². The normalized spacial score (nSPS) is 26.7. The Bertz CT molecular complexity index is 691. The highest BCUT2D eigenvalue weighted by Crippen LogP contribution is 2.38. The zero-order valence-corrected chi connectivity index (χ0v) is 15.5. The van der Waals surface area contributed by atoms with Gasteiger partial charge in [-0.05, 0) is 30.2 Å². The van der Waals surface area contributed by atoms with E-state index < -0.39 is 11.6 Å². The molecule has 0 aromatic heterocycles. The maximum atomic E-state index is 12.9. The number of amides is 4. The number of nitrogens with zero attached hydrogens (tertiary/aromatic N) is 1. The third kappa shape index (κ3) is 3.45. The Labute approximate surface area is 154 Å². The van der Waals surface area contributed by atoms with Gasteiger partial charge in [0.25, 0.3) is 5.91 Å². The number of hydrogen-bond donors (Lipinski definition) is 2. The average Bonchev–Trinajstić information content (AvgIpc) is 2.88. The summed E-state index contributed by atoms with van der Waals surface area (Å²) in [6.07, 6.45) is 3.57. The fourth-order valence-electron chi connectivity index (χ4n) is 4.00. The Morgan fingerprint density at radius 2 is 2.04 bits per heavy atom. The summed E-state index contributed by atoms with van der Waals surface area (Å²) in [5.41, 5.74) is 0.324. The fraction of sp³-hybridized carbons (Fsp3) is 0.550. The van der Waals surface area contributed by atoms with E-state index in [0.717, 1.165) is 29.7 Å². The van der Waals surface area contributed by atoms with Gasteiger partial charge < -0.3 is 10.6 Å². The van der Waals surface area contributed by atoms with Gasteiger partial charge in [0.2, 0.25) is 5.91 Å². The quantitative estimate of drug-likeness (QED) is 0.795. The molecule has 0 bridgehead atoms. The van der Waals surface area contributed by atoms with Crippen molar-refractivity contribution in [2.75, 3.05) is 13.1 Å². The lowest BCUT2D eigenvalue weighted by atomic mass is 9.73. The maximum Gasteiger partial charge on any atom is 0.325 e. The number of carbonyl (C=O) groups is 3. The van der Waals surface area contributed by atoms with E-state index >= 15 is 0 Å². The lowest BCUT2D eigenvalue weighted by molar-refractivity contribution is -0.137. The predicted molar refractivity (Wildman–Crippen MR) is 98.5 cm³/mol. The van der Waals surface area contributed by atoms with Gasteiger partial charge in [0.1, 0.15) is 12.1 Å². The number of carbonyl (C=O) groups excluding carboxylic acids is 3. The molecule has 1 aliphatic carbocycles. The van der Waals surface area contributed by atoms with Crippen molar-refractivity contribution in [1.82, 2.24) is 15.5 Å². The Hall–Kier alpha value is -2.37. The van der Waals surface area contributed by atoms with Crippen LogP contribution in [-0.2, 0) is 9.59 Å². The molecule has 1 saturated carbocycles. The van der Waals surface area contributed by atoms with E-state index in [0.29, 0.717) is 13.0 Å². The van der Waals surface area contributed by atoms with Crippen molar-refractivity contribution in [3.8, 4) is 0 Å². The third-order valence-corrected chi connectivity index (χ3v) is 5.78. The molecule has 2 fully saturated rings. The van der Waals surface area contributed by atoms with Crippen LogP contribution in [0.3, 0.4) is 0 Å². The molecule has 140 valence electrons. The van der Waals surface area contributed by atoms with Gasteiger partial charge in [-0.15, -0.1) is 0 Å². The lowest BCUT2D eigenvalue weighted by Gasteiger charge is -2.36. The molecule has 1 aliphatic heterocycles. The van der Waals surface area contributed by atoms with E-state index in [1.54, 1.807) is 0 Å². The molecular formula is C20H27N3O3. The maximum absolute atomic E-state index is 12.9. The molecule has 1 spiro atoms. The predicted octanol–water partition coefficient (Wildman–Crippen LogP) is 2.41. The smallest absolute Gasteiger partial charge is 0.325 e. The standard InChI is InChI=1S/C20H27N3O3/c1-14(16-9-4-3-5-10-16)12-21-17(24)13-23-18(25)20(22-19(23)26)11-7-6-8-15(20)2/h3-5,9-10,14-15H,6-8,11-13H2,1-2H3,(H,21,24)(H,22,26)/t14-,15-,20+/m1/s1. The topological polar surface area (TPSA) is 78.5 Å². The first-order chi connectivity index (χ1) is 12.4. The van der Waals surface area contributed by atoms with Crippen molar-refractivity contribution in [1.29, 1.82) is 0 Å². The highest BCUT2D eigenvalue weighted by atomic mass is 16.2. The summed E-state index contributed by atoms with van der Waals surface area (Å²) in [4.78, 5) is 38.5. The largest absolute Gasteiger partial charge is 0.354 e. The average molecular weight is 357 g/mol. The van der Waals surface area contributed by atoms with Gasteiger partial charge in [-0.3, -0.25) is 14.5 Å². The summed E-state index contributed by atoms with van der Waals surface area (Å²) < 4.78 is 0. The van der Waals surface area contributed by atoms with E-state index in [9.17, 15) is 14.4 Å². The summed E-state index contributed by atoms with van der Waals surface area (Å²) in [7, 11) is 0. The van der Waals surface area contributed by atoms with Crippen LogP contribution >= 0.6 is 0 Å². The Morgan fingerprint density at radius 3 is 2.73 bits per heavy atom. The van der Waals surface area contributed by atoms with Crippen LogP contribution in [0.2, 0.25) is 0 Å². The van der Waals surface area contributed by atoms with Crippen LogP contribution in [0.15, 0.2) is 30.3 Å². The van der Waals surface area contributed by atoms with Gasteiger partial charge in [0.05, 0.1) is 0 Å². The van der Waals surface area contributed by atoms with Gasteiger partial charge in [-0.25, -0.2) is 4.79 Å². The molecule has 1 aromatic carbocycles. The molecule has 0 radical (unpaired) electrons. The summed E-state index contributed by atoms with van der Waals surface area (Å²) >= 11 is 0. The molecular weight excluding hydrogens is 330 g/mol. The molecule has 1 heterocycles. The number of nitrogens with one attached hydrogen (secondary N) is 2. The number of rotatable bonds is 5. The first-order valence-electron chi connectivity index (χ1n) is 9.40. The monoisotopic (exact) mass is 357 g/mol. The number of urea groups is 1. The van der Waals surface area contributed by atoms with Crippen molar-refractivity contribution in [2.45, 2.75) is 51.0 Å². The van der Waals surface area contributed by atoms with E-state index in [1.165, 1.54) is 0 Å². The van der Waals surface area contributed by atoms with Crippen molar-refractivity contribution in [2.24, 2.45) is 5.92 Å². The van der Waals surface area contributed by atoms with Crippen LogP contribution < -0.4 is 10.6 Å². The van der Waals surface area contributed by atoms with E-state index in [4.69, 9.17) is 0 Å². The molecule has 0 unspecified atom stereocenters. The van der Waals surface area contributed by atoms with Crippen LogP contribution in [0.4, 0.5) is 4.79 Å². The number of benzene rings is 1. The van der Waals surface area contributed by atoms with Crippen LogP contribution in [0.25, 0.3) is 0 Å². The molecule has 26 heavy (non-hydrogen) atoms. The number of imide groups is 1. The zero-order chi connectivity index (χ0) is 18.7. The molecule has 6 nitrogen and oxygen atoms in total. The van der Waals surface area contributed by atoms with E-state index in [1.807, 2.05) is 44.2 Å². The SMILES string of the molecule is C[C@H](CNC(=O)CN1C(=O)N[C@]2(CCCC[C@H]2C)C1=O)c1ccccc1. The fourth-order valence-corrected chi connectivity index (χ4v) is 4.00. The van der Waals surface area contributed by atoms with E-state index in [-0.39, 0.29) is 30.2 Å². The number of hydrogen-bond acceptors (Lipinski definition) is 3. The zero-order valence-electron chi connectivity index (χ0n) is 15.5. The molecule has 2 N–H and O–H groups in total. The van der Waals surface area contributed by atoms with Gasteiger partial charge in [-0.2, -0.15) is 0 Å². The molecule has 3 atom stereocenters. The minimum Gasteiger partial charge on any atom is -0.354 e. The van der Waals surface area contributed by atoms with E-state index in [2.05, 4.69) is 10.6 Å². The van der Waals surface area contributed by atoms with Crippen LogP contribution in [0.1, 0.15) is 51.0 Å². The van der Waals surface area contributed by atoms with Crippen LogP contribution in [0.5, 0.6) is 0 Å². The minimum absolute atomic E-state index is 0.0962. The molecule has 4 amide bonds. The molecule has 1 aromatic rings. The summed E-state index contributed by atoms with van der Waals surface area (Å²) in [5, 5.41) is 5.71. The molecule has 1 saturated heterocycles. The van der Waals surface area contributed by atoms with Crippen LogP contribution in [-0.4, -0.2) is 41.4 Å². The van der Waals surface area contributed by atoms with Crippen molar-refractivity contribution < 1.29 is 14.4 Å². The second-order valence-electron chi connectivity index (χ2n) is 7.56. The van der Waals surface area contributed by atoms with Gasteiger partial charge in [-0.1, -0.05) is 57.0 Å². The Kier molecular flexibility index (Phi) is 5.30. The molecule has 3 rings (SSSR count). The van der Waals surface area contributed by atoms with Gasteiger partial charge >= 0.3 is 6.03 Å². The summed E-state index contributed by atoms with van der Waals surface area (Å²) in [6, 6.07) is 9.46. The van der Waals surface area contributed by atoms with Crippen molar-refractivity contribution >= 4 is 17.8 Å². The molecule has 2 aliphatic rings. The summed E-state index contributed by atoms with van der Waals surface area (Å²) in [5.74, 6) is -0.301. The third-order valence-electron chi connectivity index (χ3n) is 5.78. The summed E-state index contributed by atoms with van der Waals surface area (Å²) in [6.45, 7) is 4.28. The second-order valence-corrected chi connectivity index (χ2v) is 7.56. The van der Waals surface area contributed by atoms with Crippen LogP contribution in [0, 0.1) is 5.92 Å². The first kappa shape index (κ1) is 18.4. The lowest BCUT2D eigenvalue weighted by Crippen LogP contribution is -2.54. The van der Waals surface area contributed by atoms with Gasteiger partial charge in [0, 0.05) is 6.54 Å². The molecule has 6 heteroatoms. The Balaban J connectivity index is 1.57. The highest BCUT2D eigenvalue weighted by Gasteiger charge is 2.55. The van der Waals surface area contributed by atoms with Gasteiger partial charge in [0.15, 0.2) is 0 Å². The highest BCUT2D eigenvalue weighted by molar-refractivity contribution is 6.09. The minimum atomic E-state index is -0.813. The van der Waals surface area contributed by atoms with Crippen molar-refractivity contribution in [3.05, 3.63) is 35.9 Å². The Morgan fingerprint density at radius 1 is 1.31 bits per heavy atom.